The lowest BCUT2D eigenvalue weighted by Gasteiger charge is -2.02. The normalized spacial score (nSPS) is 10.1. The highest BCUT2D eigenvalue weighted by Crippen LogP contribution is 2.23. The lowest BCUT2D eigenvalue weighted by Crippen LogP contribution is -1.85. The van der Waals surface area contributed by atoms with Gasteiger partial charge in [-0.1, -0.05) is 12.1 Å². The van der Waals surface area contributed by atoms with Gasteiger partial charge in [0.2, 0.25) is 0 Å². The summed E-state index contributed by atoms with van der Waals surface area (Å²) >= 11 is 0. The number of carbonyl (C=O) groups is 1. The van der Waals surface area contributed by atoms with Crippen LogP contribution in [0.4, 0.5) is 0 Å². The Morgan fingerprint density at radius 1 is 1.29 bits per heavy atom. The molecule has 0 radical (unpaired) electrons. The van der Waals surface area contributed by atoms with Crippen molar-refractivity contribution >= 4 is 6.29 Å². The number of hydrogen-bond acceptors (Lipinski definition) is 2. The Hall–Kier alpha value is -1.83. The van der Waals surface area contributed by atoms with Gasteiger partial charge in [0.1, 0.15) is 12.0 Å². The van der Waals surface area contributed by atoms with E-state index in [2.05, 4.69) is 0 Å². The van der Waals surface area contributed by atoms with E-state index in [1.807, 2.05) is 31.2 Å². The van der Waals surface area contributed by atoms with Crippen molar-refractivity contribution in [2.24, 2.45) is 0 Å². The first kappa shape index (κ1) is 8.75. The van der Waals surface area contributed by atoms with Crippen molar-refractivity contribution < 1.29 is 9.21 Å². The maximum atomic E-state index is 10.5. The molecule has 2 rings (SSSR count). The van der Waals surface area contributed by atoms with Crippen molar-refractivity contribution in [2.45, 2.75) is 6.92 Å². The molecule has 1 aromatic carbocycles. The second kappa shape index (κ2) is 3.50. The van der Waals surface area contributed by atoms with Crippen LogP contribution in [-0.2, 0) is 0 Å². The average molecular weight is 186 g/mol. The molecule has 0 unspecified atom stereocenters. The molecule has 0 spiro atoms. The Balaban J connectivity index is 2.51. The first-order valence-corrected chi connectivity index (χ1v) is 4.41. The van der Waals surface area contributed by atoms with Crippen LogP contribution in [0.3, 0.4) is 0 Å². The van der Waals surface area contributed by atoms with Gasteiger partial charge >= 0.3 is 0 Å². The van der Waals surface area contributed by atoms with Gasteiger partial charge in [-0.15, -0.1) is 0 Å². The number of furan rings is 1. The van der Waals surface area contributed by atoms with Crippen LogP contribution in [0.2, 0.25) is 0 Å². The van der Waals surface area contributed by atoms with Crippen molar-refractivity contribution in [3.05, 3.63) is 47.7 Å². The molecule has 2 aromatic rings. The molecule has 0 saturated heterocycles. The lowest BCUT2D eigenvalue weighted by molar-refractivity contribution is 0.112. The zero-order valence-electron chi connectivity index (χ0n) is 7.86. The number of benzene rings is 1. The fourth-order valence-corrected chi connectivity index (χ4v) is 1.47. The van der Waals surface area contributed by atoms with Crippen LogP contribution in [0.25, 0.3) is 11.3 Å². The minimum absolute atomic E-state index is 0.692. The summed E-state index contributed by atoms with van der Waals surface area (Å²) in [6.07, 6.45) is 2.49. The fourth-order valence-electron chi connectivity index (χ4n) is 1.47. The van der Waals surface area contributed by atoms with Gasteiger partial charge in [-0.05, 0) is 30.7 Å². The van der Waals surface area contributed by atoms with Crippen LogP contribution in [0.5, 0.6) is 0 Å². The van der Waals surface area contributed by atoms with E-state index in [0.717, 1.165) is 23.2 Å². The van der Waals surface area contributed by atoms with Crippen molar-refractivity contribution in [2.75, 3.05) is 0 Å². The standard InChI is InChI=1S/C12H10O2/c1-9-7-10(8-13)4-5-11(9)12-3-2-6-14-12/h2-8H,1H3. The Kier molecular flexibility index (Phi) is 2.19. The number of aldehydes is 1. The summed E-state index contributed by atoms with van der Waals surface area (Å²) in [5.41, 5.74) is 2.77. The van der Waals surface area contributed by atoms with E-state index in [-0.39, 0.29) is 0 Å². The van der Waals surface area contributed by atoms with Gasteiger partial charge in [0, 0.05) is 11.1 Å². The van der Waals surface area contributed by atoms with E-state index >= 15 is 0 Å². The summed E-state index contributed by atoms with van der Waals surface area (Å²) in [6.45, 7) is 1.96. The molecule has 0 aliphatic heterocycles. The predicted octanol–water partition coefficient (Wildman–Crippen LogP) is 3.07. The first-order valence-electron chi connectivity index (χ1n) is 4.41. The molecule has 0 atom stereocenters. The molecule has 2 heteroatoms. The SMILES string of the molecule is Cc1cc(C=O)ccc1-c1ccco1. The van der Waals surface area contributed by atoms with E-state index in [4.69, 9.17) is 4.42 Å². The van der Waals surface area contributed by atoms with E-state index in [1.54, 1.807) is 12.3 Å². The molecule has 0 N–H and O–H groups in total. The van der Waals surface area contributed by atoms with Gasteiger partial charge in [0.15, 0.2) is 0 Å². The van der Waals surface area contributed by atoms with Crippen molar-refractivity contribution in [1.82, 2.24) is 0 Å². The number of hydrogen-bond donors (Lipinski definition) is 0. The van der Waals surface area contributed by atoms with Crippen LogP contribution in [0.1, 0.15) is 15.9 Å². The zero-order valence-corrected chi connectivity index (χ0v) is 7.86. The monoisotopic (exact) mass is 186 g/mol. The summed E-state index contributed by atoms with van der Waals surface area (Å²) < 4.78 is 5.29. The second-order valence-corrected chi connectivity index (χ2v) is 3.17. The highest BCUT2D eigenvalue weighted by Gasteiger charge is 2.04. The van der Waals surface area contributed by atoms with E-state index < -0.39 is 0 Å². The molecule has 14 heavy (non-hydrogen) atoms. The number of aryl methyl sites for hydroxylation is 1. The maximum Gasteiger partial charge on any atom is 0.150 e. The fraction of sp³-hybridized carbons (Fsp3) is 0.0833. The summed E-state index contributed by atoms with van der Waals surface area (Å²) in [4.78, 5) is 10.5. The van der Waals surface area contributed by atoms with Crippen molar-refractivity contribution in [3.8, 4) is 11.3 Å². The number of rotatable bonds is 2. The van der Waals surface area contributed by atoms with E-state index in [1.165, 1.54) is 0 Å². The minimum atomic E-state index is 0.692. The molecule has 0 bridgehead atoms. The van der Waals surface area contributed by atoms with Crippen LogP contribution in [-0.4, -0.2) is 6.29 Å². The van der Waals surface area contributed by atoms with Gasteiger partial charge in [-0.2, -0.15) is 0 Å². The van der Waals surface area contributed by atoms with Crippen LogP contribution in [0.15, 0.2) is 41.0 Å². The Labute approximate surface area is 82.2 Å². The molecular formula is C12H10O2. The molecule has 0 fully saturated rings. The zero-order chi connectivity index (χ0) is 9.97. The van der Waals surface area contributed by atoms with E-state index in [0.29, 0.717) is 5.56 Å². The van der Waals surface area contributed by atoms with Gasteiger partial charge in [0.05, 0.1) is 6.26 Å². The molecule has 70 valence electrons. The predicted molar refractivity (Wildman–Crippen MR) is 54.3 cm³/mol. The molecule has 2 nitrogen and oxygen atoms in total. The Morgan fingerprint density at radius 3 is 2.71 bits per heavy atom. The van der Waals surface area contributed by atoms with Crippen molar-refractivity contribution in [3.63, 3.8) is 0 Å². The third-order valence-corrected chi connectivity index (χ3v) is 2.17. The highest BCUT2D eigenvalue weighted by atomic mass is 16.3. The van der Waals surface area contributed by atoms with Gasteiger partial charge < -0.3 is 4.42 Å². The van der Waals surface area contributed by atoms with Gasteiger partial charge in [-0.3, -0.25) is 4.79 Å². The Morgan fingerprint density at radius 2 is 2.14 bits per heavy atom. The second-order valence-electron chi connectivity index (χ2n) is 3.17. The minimum Gasteiger partial charge on any atom is -0.464 e. The van der Waals surface area contributed by atoms with Gasteiger partial charge in [-0.25, -0.2) is 0 Å². The third kappa shape index (κ3) is 1.46. The van der Waals surface area contributed by atoms with Crippen LogP contribution >= 0.6 is 0 Å². The van der Waals surface area contributed by atoms with Crippen molar-refractivity contribution in [1.29, 1.82) is 0 Å². The van der Waals surface area contributed by atoms with Crippen LogP contribution in [0, 0.1) is 6.92 Å². The van der Waals surface area contributed by atoms with Gasteiger partial charge in [0.25, 0.3) is 0 Å². The maximum absolute atomic E-state index is 10.5. The summed E-state index contributed by atoms with van der Waals surface area (Å²) in [5, 5.41) is 0. The molecule has 0 saturated carbocycles. The molecule has 1 aromatic heterocycles. The molecule has 1 heterocycles. The quantitative estimate of drug-likeness (QED) is 0.674. The molecular weight excluding hydrogens is 176 g/mol. The highest BCUT2D eigenvalue weighted by molar-refractivity contribution is 5.77. The smallest absolute Gasteiger partial charge is 0.150 e. The molecule has 0 aliphatic rings. The summed E-state index contributed by atoms with van der Waals surface area (Å²) in [6, 6.07) is 9.30. The molecule has 0 aliphatic carbocycles. The average Bonchev–Trinajstić information content (AvgIpc) is 2.70. The van der Waals surface area contributed by atoms with E-state index in [9.17, 15) is 4.79 Å². The summed E-state index contributed by atoms with van der Waals surface area (Å²) in [5.74, 6) is 0.833. The van der Waals surface area contributed by atoms with Crippen LogP contribution < -0.4 is 0 Å². The molecule has 0 amide bonds. The summed E-state index contributed by atoms with van der Waals surface area (Å²) in [7, 11) is 0. The first-order chi connectivity index (χ1) is 6.81. The lowest BCUT2D eigenvalue weighted by atomic mass is 10.0. The topological polar surface area (TPSA) is 30.2 Å². The largest absolute Gasteiger partial charge is 0.464 e. The Bertz CT molecular complexity index is 441. The number of carbonyl (C=O) groups excluding carboxylic acids is 1. The third-order valence-electron chi connectivity index (χ3n) is 2.17.